The molecule has 0 atom stereocenters. The van der Waals surface area contributed by atoms with Gasteiger partial charge in [0.1, 0.15) is 0 Å². The average Bonchev–Trinajstić information content (AvgIpc) is 2.58. The van der Waals surface area contributed by atoms with Crippen LogP contribution in [-0.4, -0.2) is 41.9 Å². The van der Waals surface area contributed by atoms with Crippen molar-refractivity contribution in [2.45, 2.75) is 26.2 Å². The average molecular weight is 338 g/mol. The number of hydrogen-bond donors (Lipinski definition) is 0. The van der Waals surface area contributed by atoms with Crippen LogP contribution in [0.4, 0.5) is 4.39 Å². The van der Waals surface area contributed by atoms with Gasteiger partial charge < -0.3 is 9.64 Å². The van der Waals surface area contributed by atoms with Crippen LogP contribution in [-0.2, 0) is 4.74 Å². The summed E-state index contributed by atoms with van der Waals surface area (Å²) in [4.78, 5) is 10.4. The third-order valence-electron chi connectivity index (χ3n) is 4.41. The monoisotopic (exact) mass is 337 g/mol. The number of nitrogens with zero attached hydrogens (tertiary/aromatic N) is 3. The number of ether oxygens (including phenoxy) is 1. The highest BCUT2D eigenvalue weighted by atomic mass is 35.5. The van der Waals surface area contributed by atoms with E-state index in [9.17, 15) is 4.39 Å². The van der Waals surface area contributed by atoms with Gasteiger partial charge in [0.25, 0.3) is 0 Å². The number of aliphatic imine (C=N–C) groups is 1. The molecule has 124 valence electrons. The Balaban J connectivity index is 1.87. The fraction of sp³-hybridized carbons (Fsp3) is 0.529. The minimum absolute atomic E-state index is 0.449. The molecule has 2 aliphatic heterocycles. The van der Waals surface area contributed by atoms with E-state index in [1.54, 1.807) is 0 Å². The van der Waals surface area contributed by atoms with E-state index in [1.807, 2.05) is 6.20 Å². The van der Waals surface area contributed by atoms with Crippen molar-refractivity contribution in [3.8, 4) is 0 Å². The van der Waals surface area contributed by atoms with E-state index < -0.39 is 5.95 Å². The smallest absolute Gasteiger partial charge is 0.213 e. The fourth-order valence-electron chi connectivity index (χ4n) is 3.04. The highest BCUT2D eigenvalue weighted by Gasteiger charge is 2.24. The molecule has 1 aromatic heterocycles. The Kier molecular flexibility index (Phi) is 5.28. The lowest BCUT2D eigenvalue weighted by Gasteiger charge is -2.35. The van der Waals surface area contributed by atoms with Gasteiger partial charge in [0.05, 0.1) is 23.5 Å². The highest BCUT2D eigenvalue weighted by molar-refractivity contribution is 6.32. The van der Waals surface area contributed by atoms with Crippen molar-refractivity contribution in [3.05, 3.63) is 35.0 Å². The van der Waals surface area contributed by atoms with E-state index in [1.165, 1.54) is 12.3 Å². The quantitative estimate of drug-likeness (QED) is 0.785. The third-order valence-corrected chi connectivity index (χ3v) is 4.71. The van der Waals surface area contributed by atoms with E-state index in [-0.39, 0.29) is 0 Å². The van der Waals surface area contributed by atoms with Crippen molar-refractivity contribution in [1.29, 1.82) is 0 Å². The lowest BCUT2D eigenvalue weighted by atomic mass is 9.98. The van der Waals surface area contributed by atoms with E-state index >= 15 is 0 Å². The van der Waals surface area contributed by atoms with Gasteiger partial charge in [-0.3, -0.25) is 4.99 Å². The second-order valence-corrected chi connectivity index (χ2v) is 6.39. The molecule has 4 nitrogen and oxygen atoms in total. The van der Waals surface area contributed by atoms with Gasteiger partial charge in [-0.2, -0.15) is 4.39 Å². The summed E-state index contributed by atoms with van der Waals surface area (Å²) in [6, 6.07) is 1.39. The lowest BCUT2D eigenvalue weighted by molar-refractivity contribution is 0.0598. The van der Waals surface area contributed by atoms with E-state index in [4.69, 9.17) is 16.3 Å². The first-order valence-corrected chi connectivity index (χ1v) is 8.45. The molecule has 3 rings (SSSR count). The molecule has 1 aromatic rings. The molecule has 6 heteroatoms. The Hall–Kier alpha value is -1.46. The number of hydrogen-bond acceptors (Lipinski definition) is 4. The van der Waals surface area contributed by atoms with Gasteiger partial charge in [-0.25, -0.2) is 4.98 Å². The minimum atomic E-state index is -0.526. The Morgan fingerprint density at radius 3 is 2.91 bits per heavy atom. The minimum Gasteiger partial charge on any atom is -0.381 e. The topological polar surface area (TPSA) is 37.7 Å². The van der Waals surface area contributed by atoms with Crippen LogP contribution in [0.3, 0.4) is 0 Å². The highest BCUT2D eigenvalue weighted by Crippen LogP contribution is 2.30. The Labute approximate surface area is 141 Å². The second-order valence-electron chi connectivity index (χ2n) is 5.99. The molecule has 0 saturated carbocycles. The zero-order valence-electron chi connectivity index (χ0n) is 13.3. The van der Waals surface area contributed by atoms with Gasteiger partial charge >= 0.3 is 0 Å². The predicted molar refractivity (Wildman–Crippen MR) is 90.0 cm³/mol. The van der Waals surface area contributed by atoms with Crippen molar-refractivity contribution in [2.24, 2.45) is 10.9 Å². The molecule has 0 aliphatic carbocycles. The number of pyridine rings is 1. The van der Waals surface area contributed by atoms with Crippen molar-refractivity contribution in [3.63, 3.8) is 0 Å². The third kappa shape index (κ3) is 3.90. The predicted octanol–water partition coefficient (Wildman–Crippen LogP) is 3.77. The summed E-state index contributed by atoms with van der Waals surface area (Å²) in [7, 11) is 0. The molecular formula is C17H21ClFN3O. The molecule has 0 bridgehead atoms. The summed E-state index contributed by atoms with van der Waals surface area (Å²) in [6.07, 6.45) is 6.19. The van der Waals surface area contributed by atoms with E-state index in [0.29, 0.717) is 16.5 Å². The van der Waals surface area contributed by atoms with Crippen LogP contribution in [0.1, 0.15) is 31.7 Å². The fourth-order valence-corrected chi connectivity index (χ4v) is 3.24. The van der Waals surface area contributed by atoms with Crippen LogP contribution < -0.4 is 0 Å². The summed E-state index contributed by atoms with van der Waals surface area (Å²) in [6.45, 7) is 5.41. The molecular weight excluding hydrogens is 317 g/mol. The summed E-state index contributed by atoms with van der Waals surface area (Å²) in [5.74, 6) is 0.0513. The molecule has 0 spiro atoms. The number of rotatable bonds is 4. The van der Waals surface area contributed by atoms with Crippen LogP contribution in [0.15, 0.2) is 23.5 Å². The van der Waals surface area contributed by atoms with Gasteiger partial charge in [0.2, 0.25) is 5.95 Å². The van der Waals surface area contributed by atoms with Gasteiger partial charge in [0.15, 0.2) is 0 Å². The maximum atomic E-state index is 13.6. The first-order valence-electron chi connectivity index (χ1n) is 8.07. The van der Waals surface area contributed by atoms with Crippen LogP contribution in [0.2, 0.25) is 5.02 Å². The zero-order valence-corrected chi connectivity index (χ0v) is 14.0. The molecule has 2 aliphatic rings. The standard InChI is InChI=1S/C17H21ClFN3O/c1-2-13-11-22(10-12-3-5-23-6-4-12)16(9-20-13)14-7-17(19)21-8-15(14)18/h7-9,12H,2-6,10-11H2,1H3. The van der Waals surface area contributed by atoms with Crippen LogP contribution >= 0.6 is 11.6 Å². The van der Waals surface area contributed by atoms with E-state index in [0.717, 1.165) is 57.0 Å². The first-order chi connectivity index (χ1) is 11.2. The molecule has 1 saturated heterocycles. The van der Waals surface area contributed by atoms with Gasteiger partial charge in [-0.15, -0.1) is 0 Å². The van der Waals surface area contributed by atoms with Gasteiger partial charge in [-0.05, 0) is 25.2 Å². The van der Waals surface area contributed by atoms with Crippen LogP contribution in [0, 0.1) is 11.9 Å². The second kappa shape index (κ2) is 7.41. The summed E-state index contributed by atoms with van der Waals surface area (Å²) in [5.41, 5.74) is 2.66. The molecule has 0 radical (unpaired) electrons. The first kappa shape index (κ1) is 16.4. The van der Waals surface area contributed by atoms with Crippen molar-refractivity contribution in [2.75, 3.05) is 26.3 Å². The van der Waals surface area contributed by atoms with Crippen LogP contribution in [0.25, 0.3) is 5.70 Å². The molecule has 1 fully saturated rings. The van der Waals surface area contributed by atoms with E-state index in [2.05, 4.69) is 21.8 Å². The molecule has 0 unspecified atom stereocenters. The Bertz CT molecular complexity index is 626. The Morgan fingerprint density at radius 1 is 1.39 bits per heavy atom. The van der Waals surface area contributed by atoms with Gasteiger partial charge in [-0.1, -0.05) is 18.5 Å². The lowest BCUT2D eigenvalue weighted by Crippen LogP contribution is -2.36. The maximum absolute atomic E-state index is 13.6. The normalized spacial score (nSPS) is 19.5. The zero-order chi connectivity index (χ0) is 16.2. The molecule has 3 heterocycles. The summed E-state index contributed by atoms with van der Waals surface area (Å²) in [5, 5.41) is 0.449. The summed E-state index contributed by atoms with van der Waals surface area (Å²) < 4.78 is 19.0. The Morgan fingerprint density at radius 2 is 2.17 bits per heavy atom. The van der Waals surface area contributed by atoms with Gasteiger partial charge in [0, 0.05) is 43.3 Å². The maximum Gasteiger partial charge on any atom is 0.213 e. The molecule has 0 aromatic carbocycles. The molecule has 0 N–H and O–H groups in total. The summed E-state index contributed by atoms with van der Waals surface area (Å²) >= 11 is 6.24. The van der Waals surface area contributed by atoms with Crippen LogP contribution in [0.5, 0.6) is 0 Å². The number of halogens is 2. The molecule has 0 amide bonds. The largest absolute Gasteiger partial charge is 0.381 e. The van der Waals surface area contributed by atoms with Crippen molar-refractivity contribution < 1.29 is 9.13 Å². The number of aromatic nitrogens is 1. The molecule has 23 heavy (non-hydrogen) atoms. The van der Waals surface area contributed by atoms with Crippen molar-refractivity contribution in [1.82, 2.24) is 9.88 Å². The van der Waals surface area contributed by atoms with Crippen molar-refractivity contribution >= 4 is 23.0 Å². The SMILES string of the molecule is CCC1=NC=C(c2cc(F)ncc2Cl)N(CC2CCOCC2)C1.